The Balaban J connectivity index is 1.25. The fraction of sp³-hybridized carbons (Fsp3) is 0.435. The molecule has 0 aromatic heterocycles. The maximum absolute atomic E-state index is 12.2. The number of fused-ring (bicyclic) bond motifs is 2. The molecule has 2 aliphatic heterocycles. The molecule has 1 atom stereocenters. The summed E-state index contributed by atoms with van der Waals surface area (Å²) in [6.45, 7) is 4.77. The van der Waals surface area contributed by atoms with Crippen molar-refractivity contribution in [2.75, 3.05) is 37.7 Å². The van der Waals surface area contributed by atoms with Gasteiger partial charge in [-0.3, -0.25) is 4.79 Å². The maximum atomic E-state index is 12.2. The van der Waals surface area contributed by atoms with Crippen LogP contribution in [-0.4, -0.2) is 44.9 Å². The molecule has 1 unspecified atom stereocenters. The van der Waals surface area contributed by atoms with Gasteiger partial charge in [-0.15, -0.1) is 0 Å². The van der Waals surface area contributed by atoms with Gasteiger partial charge in [0.05, 0.1) is 6.61 Å². The van der Waals surface area contributed by atoms with Crippen LogP contribution in [0.3, 0.4) is 0 Å². The molecule has 2 aliphatic rings. The van der Waals surface area contributed by atoms with Crippen molar-refractivity contribution in [3.05, 3.63) is 48.0 Å². The molecule has 1 N–H and O–H groups in total. The Morgan fingerprint density at radius 2 is 2.03 bits per heavy atom. The topological polar surface area (TPSA) is 69.3 Å². The van der Waals surface area contributed by atoms with E-state index in [1.807, 2.05) is 42.5 Å². The van der Waals surface area contributed by atoms with Crippen LogP contribution >= 0.6 is 0 Å². The summed E-state index contributed by atoms with van der Waals surface area (Å²) in [6.07, 6.45) is 2.64. The van der Waals surface area contributed by atoms with Gasteiger partial charge in [-0.05, 0) is 49.6 Å². The maximum Gasteiger partial charge on any atom is 0.223 e. The van der Waals surface area contributed by atoms with Gasteiger partial charge in [-0.2, -0.15) is 4.89 Å². The summed E-state index contributed by atoms with van der Waals surface area (Å²) in [7, 11) is 0. The highest BCUT2D eigenvalue weighted by atomic mass is 17.2. The third kappa shape index (κ3) is 5.04. The standard InChI is InChI=1S/C23H28N2O5/c1-17(26)25(19-10-9-18-6-4-13-28-30-23(18)14-19)12-5-11-24-15-20-16-27-21-7-2-3-8-22(21)29-20/h2-3,7-10,14,20,24H,4-6,11-13,15-16H2,1H3. The minimum absolute atomic E-state index is 0.00473. The van der Waals surface area contributed by atoms with Crippen LogP contribution in [-0.2, 0) is 16.1 Å². The number of hydrogen-bond acceptors (Lipinski definition) is 6. The molecule has 1 amide bonds. The Kier molecular flexibility index (Phi) is 6.71. The van der Waals surface area contributed by atoms with E-state index in [0.29, 0.717) is 32.1 Å². The monoisotopic (exact) mass is 412 g/mol. The van der Waals surface area contributed by atoms with Crippen LogP contribution in [0, 0.1) is 0 Å². The zero-order valence-electron chi connectivity index (χ0n) is 17.3. The zero-order chi connectivity index (χ0) is 20.8. The van der Waals surface area contributed by atoms with Crippen LogP contribution in [0.25, 0.3) is 0 Å². The SMILES string of the molecule is CC(=O)N(CCCNCC1COc2ccccc2O1)c1ccc2c(c1)OOCCC2. The molecule has 0 bridgehead atoms. The third-order valence-corrected chi connectivity index (χ3v) is 5.24. The van der Waals surface area contributed by atoms with Gasteiger partial charge in [0, 0.05) is 31.8 Å². The summed E-state index contributed by atoms with van der Waals surface area (Å²) in [5.41, 5.74) is 1.94. The second kappa shape index (κ2) is 9.82. The van der Waals surface area contributed by atoms with Crippen molar-refractivity contribution in [2.45, 2.75) is 32.3 Å². The van der Waals surface area contributed by atoms with Gasteiger partial charge < -0.3 is 24.6 Å². The normalized spacial score (nSPS) is 17.4. The number of carbonyl (C=O) groups excluding carboxylic acids is 1. The van der Waals surface area contributed by atoms with Crippen molar-refractivity contribution in [1.82, 2.24) is 5.32 Å². The Morgan fingerprint density at radius 1 is 1.17 bits per heavy atom. The molecule has 160 valence electrons. The molecule has 0 saturated heterocycles. The van der Waals surface area contributed by atoms with Crippen molar-refractivity contribution in [3.8, 4) is 17.2 Å². The van der Waals surface area contributed by atoms with Crippen molar-refractivity contribution in [3.63, 3.8) is 0 Å². The van der Waals surface area contributed by atoms with E-state index in [1.54, 1.807) is 11.8 Å². The largest absolute Gasteiger partial charge is 0.486 e. The molecule has 2 aromatic carbocycles. The number of ether oxygens (including phenoxy) is 2. The number of benzene rings is 2. The quantitative estimate of drug-likeness (QED) is 0.557. The first-order valence-corrected chi connectivity index (χ1v) is 10.5. The zero-order valence-corrected chi connectivity index (χ0v) is 17.3. The molecule has 4 rings (SSSR count). The van der Waals surface area contributed by atoms with E-state index < -0.39 is 0 Å². The number of amides is 1. The summed E-state index contributed by atoms with van der Waals surface area (Å²) in [5, 5.41) is 3.40. The second-order valence-electron chi connectivity index (χ2n) is 7.53. The van der Waals surface area contributed by atoms with Crippen molar-refractivity contribution in [1.29, 1.82) is 0 Å². The first kappa shape index (κ1) is 20.5. The van der Waals surface area contributed by atoms with E-state index in [9.17, 15) is 4.79 Å². The van der Waals surface area contributed by atoms with Gasteiger partial charge in [0.2, 0.25) is 5.91 Å². The average Bonchev–Trinajstić information content (AvgIpc) is 3.00. The predicted octanol–water partition coefficient (Wildman–Crippen LogP) is 3.12. The van der Waals surface area contributed by atoms with Gasteiger partial charge in [-0.25, -0.2) is 0 Å². The fourth-order valence-corrected chi connectivity index (χ4v) is 3.68. The first-order valence-electron chi connectivity index (χ1n) is 10.5. The summed E-state index contributed by atoms with van der Waals surface area (Å²) in [6, 6.07) is 13.6. The Bertz CT molecular complexity index is 872. The predicted molar refractivity (Wildman–Crippen MR) is 113 cm³/mol. The van der Waals surface area contributed by atoms with Crippen LogP contribution in [0.4, 0.5) is 5.69 Å². The number of aryl methyl sites for hydroxylation is 1. The van der Waals surface area contributed by atoms with Crippen LogP contribution in [0.15, 0.2) is 42.5 Å². The van der Waals surface area contributed by atoms with Gasteiger partial charge >= 0.3 is 0 Å². The number of rotatable bonds is 7. The van der Waals surface area contributed by atoms with E-state index in [1.165, 1.54) is 0 Å². The molecule has 7 nitrogen and oxygen atoms in total. The number of anilines is 1. The number of hydrogen-bond donors (Lipinski definition) is 1. The van der Waals surface area contributed by atoms with E-state index in [0.717, 1.165) is 48.6 Å². The number of carbonyl (C=O) groups is 1. The van der Waals surface area contributed by atoms with Gasteiger partial charge in [0.15, 0.2) is 17.2 Å². The minimum atomic E-state index is -0.0226. The lowest BCUT2D eigenvalue weighted by atomic mass is 10.1. The van der Waals surface area contributed by atoms with Crippen LogP contribution in [0.1, 0.15) is 25.3 Å². The Hall–Kier alpha value is -2.77. The van der Waals surface area contributed by atoms with E-state index in [4.69, 9.17) is 19.2 Å². The lowest BCUT2D eigenvalue weighted by Gasteiger charge is -2.27. The summed E-state index contributed by atoms with van der Waals surface area (Å²) in [4.78, 5) is 24.5. The highest BCUT2D eigenvalue weighted by Gasteiger charge is 2.20. The Labute approximate surface area is 176 Å². The number of nitrogens with zero attached hydrogens (tertiary/aromatic N) is 1. The molecule has 2 aromatic rings. The number of nitrogens with one attached hydrogen (secondary N) is 1. The third-order valence-electron chi connectivity index (χ3n) is 5.24. The lowest BCUT2D eigenvalue weighted by Crippen LogP contribution is -2.39. The van der Waals surface area contributed by atoms with Gasteiger partial charge in [0.1, 0.15) is 12.7 Å². The van der Waals surface area contributed by atoms with Crippen molar-refractivity contribution < 1.29 is 24.0 Å². The number of para-hydroxylation sites is 2. The van der Waals surface area contributed by atoms with Crippen molar-refractivity contribution >= 4 is 11.6 Å². The van der Waals surface area contributed by atoms with E-state index in [-0.39, 0.29) is 12.0 Å². The summed E-state index contributed by atoms with van der Waals surface area (Å²) < 4.78 is 11.7. The van der Waals surface area contributed by atoms with E-state index in [2.05, 4.69) is 5.32 Å². The second-order valence-corrected chi connectivity index (χ2v) is 7.53. The lowest BCUT2D eigenvalue weighted by molar-refractivity contribution is -0.203. The first-order chi connectivity index (χ1) is 14.7. The molecule has 0 aliphatic carbocycles. The molecule has 2 heterocycles. The van der Waals surface area contributed by atoms with Crippen LogP contribution in [0.2, 0.25) is 0 Å². The highest BCUT2D eigenvalue weighted by Crippen LogP contribution is 2.31. The van der Waals surface area contributed by atoms with Crippen LogP contribution < -0.4 is 24.6 Å². The molecule has 0 spiro atoms. The van der Waals surface area contributed by atoms with Gasteiger partial charge in [-0.1, -0.05) is 18.2 Å². The van der Waals surface area contributed by atoms with Crippen molar-refractivity contribution in [2.24, 2.45) is 0 Å². The molecule has 0 radical (unpaired) electrons. The molecule has 0 fully saturated rings. The van der Waals surface area contributed by atoms with E-state index >= 15 is 0 Å². The molecular formula is C23H28N2O5. The average molecular weight is 412 g/mol. The smallest absolute Gasteiger partial charge is 0.223 e. The summed E-state index contributed by atoms with van der Waals surface area (Å²) in [5.74, 6) is 2.28. The Morgan fingerprint density at radius 3 is 2.90 bits per heavy atom. The fourth-order valence-electron chi connectivity index (χ4n) is 3.68. The summed E-state index contributed by atoms with van der Waals surface area (Å²) >= 11 is 0. The highest BCUT2D eigenvalue weighted by molar-refractivity contribution is 5.91. The molecular weight excluding hydrogens is 384 g/mol. The van der Waals surface area contributed by atoms with Crippen LogP contribution in [0.5, 0.6) is 17.2 Å². The van der Waals surface area contributed by atoms with Gasteiger partial charge in [0.25, 0.3) is 0 Å². The molecule has 0 saturated carbocycles. The molecule has 30 heavy (non-hydrogen) atoms. The minimum Gasteiger partial charge on any atom is -0.486 e. The molecule has 7 heteroatoms.